The van der Waals surface area contributed by atoms with Crippen molar-refractivity contribution >= 4 is 64.2 Å². The molecule has 0 atom stereocenters. The van der Waals surface area contributed by atoms with Crippen LogP contribution in [0.5, 0.6) is 0 Å². The molecule has 0 saturated heterocycles. The number of hydrogen-bond donors (Lipinski definition) is 1. The molecule has 7 nitrogen and oxygen atoms in total. The van der Waals surface area contributed by atoms with Crippen molar-refractivity contribution in [3.05, 3.63) is 76.5 Å². The van der Waals surface area contributed by atoms with Crippen molar-refractivity contribution in [3.8, 4) is 0 Å². The van der Waals surface area contributed by atoms with E-state index in [2.05, 4.69) is 10.3 Å². The maximum atomic E-state index is 12.9. The number of esters is 1. The Morgan fingerprint density at radius 3 is 2.56 bits per heavy atom. The first-order valence-corrected chi connectivity index (χ1v) is 12.9. The molecule has 2 heterocycles. The number of amides is 2. The predicted molar refractivity (Wildman–Crippen MR) is 146 cm³/mol. The first kappa shape index (κ1) is 26.1. The molecular formula is C26H26Cl2N4O3S. The molecule has 2 amide bonds. The third-order valence-corrected chi connectivity index (χ3v) is 6.59. The van der Waals surface area contributed by atoms with Crippen molar-refractivity contribution in [1.29, 1.82) is 0 Å². The SMILES string of the molecule is CC(C)(C)OC(=O)CN(Sc1cc(Cl)cc(Cl)c1)c1ccc2c(c1)CCN2C(=O)Nc1cccnc1. The number of urea groups is 1. The van der Waals surface area contributed by atoms with Gasteiger partial charge < -0.3 is 14.4 Å². The van der Waals surface area contributed by atoms with Gasteiger partial charge in [0.15, 0.2) is 0 Å². The second kappa shape index (κ2) is 11.0. The molecule has 1 aliphatic rings. The third kappa shape index (κ3) is 6.84. The number of ether oxygens (including phenoxy) is 1. The average Bonchev–Trinajstić information content (AvgIpc) is 3.21. The number of fused-ring (bicyclic) bond motifs is 1. The van der Waals surface area contributed by atoms with Crippen molar-refractivity contribution < 1.29 is 14.3 Å². The molecule has 0 radical (unpaired) electrons. The zero-order chi connectivity index (χ0) is 25.9. The summed E-state index contributed by atoms with van der Waals surface area (Å²) in [5.41, 5.74) is 2.66. The van der Waals surface area contributed by atoms with E-state index in [0.29, 0.717) is 28.7 Å². The third-order valence-electron chi connectivity index (χ3n) is 5.15. The molecule has 4 rings (SSSR count). The second-order valence-electron chi connectivity index (χ2n) is 9.21. The van der Waals surface area contributed by atoms with Gasteiger partial charge >= 0.3 is 12.0 Å². The second-order valence-corrected chi connectivity index (χ2v) is 11.2. The van der Waals surface area contributed by atoms with Gasteiger partial charge in [-0.25, -0.2) is 4.79 Å². The zero-order valence-electron chi connectivity index (χ0n) is 20.1. The summed E-state index contributed by atoms with van der Waals surface area (Å²) >= 11 is 13.7. The topological polar surface area (TPSA) is 74.8 Å². The summed E-state index contributed by atoms with van der Waals surface area (Å²) < 4.78 is 7.40. The van der Waals surface area contributed by atoms with Gasteiger partial charge in [0.2, 0.25) is 0 Å². The largest absolute Gasteiger partial charge is 0.459 e. The van der Waals surface area contributed by atoms with Gasteiger partial charge in [-0.05, 0) is 93.2 Å². The first-order chi connectivity index (χ1) is 17.1. The highest BCUT2D eigenvalue weighted by molar-refractivity contribution is 8.00. The van der Waals surface area contributed by atoms with Crippen LogP contribution in [-0.2, 0) is 16.0 Å². The van der Waals surface area contributed by atoms with E-state index in [-0.39, 0.29) is 18.5 Å². The normalized spacial score (nSPS) is 12.8. The summed E-state index contributed by atoms with van der Waals surface area (Å²) in [6, 6.07) is 14.4. The van der Waals surface area contributed by atoms with Crippen molar-refractivity contribution in [2.24, 2.45) is 0 Å². The summed E-state index contributed by atoms with van der Waals surface area (Å²) in [5, 5.41) is 3.89. The highest BCUT2D eigenvalue weighted by Crippen LogP contribution is 2.37. The maximum absolute atomic E-state index is 12.9. The quantitative estimate of drug-likeness (QED) is 0.270. The van der Waals surface area contributed by atoms with Crippen LogP contribution in [0.15, 0.2) is 65.8 Å². The molecule has 188 valence electrons. The Kier molecular flexibility index (Phi) is 7.97. The van der Waals surface area contributed by atoms with E-state index in [1.807, 2.05) is 43.3 Å². The maximum Gasteiger partial charge on any atom is 0.327 e. The van der Waals surface area contributed by atoms with E-state index in [0.717, 1.165) is 21.8 Å². The Hall–Kier alpha value is -2.94. The fourth-order valence-electron chi connectivity index (χ4n) is 3.76. The van der Waals surface area contributed by atoms with Gasteiger partial charge in [0.05, 0.1) is 11.9 Å². The molecule has 0 fully saturated rings. The molecule has 0 spiro atoms. The molecule has 0 aliphatic carbocycles. The fraction of sp³-hybridized carbons (Fsp3) is 0.269. The molecule has 36 heavy (non-hydrogen) atoms. The smallest absolute Gasteiger partial charge is 0.327 e. The van der Waals surface area contributed by atoms with Crippen LogP contribution in [0.3, 0.4) is 0 Å². The number of benzene rings is 2. The van der Waals surface area contributed by atoms with Gasteiger partial charge in [0.1, 0.15) is 12.1 Å². The lowest BCUT2D eigenvalue weighted by molar-refractivity contribution is -0.152. The van der Waals surface area contributed by atoms with Crippen molar-refractivity contribution in [2.75, 3.05) is 27.6 Å². The number of nitrogens with one attached hydrogen (secondary N) is 1. The van der Waals surface area contributed by atoms with Gasteiger partial charge in [0.25, 0.3) is 0 Å². The molecule has 2 aromatic carbocycles. The lowest BCUT2D eigenvalue weighted by Crippen LogP contribution is -2.33. The number of halogens is 2. The number of pyridine rings is 1. The Balaban J connectivity index is 1.57. The molecular weight excluding hydrogens is 519 g/mol. The monoisotopic (exact) mass is 544 g/mol. The highest BCUT2D eigenvalue weighted by Gasteiger charge is 2.27. The summed E-state index contributed by atoms with van der Waals surface area (Å²) in [4.78, 5) is 32.1. The van der Waals surface area contributed by atoms with E-state index in [4.69, 9.17) is 27.9 Å². The van der Waals surface area contributed by atoms with Crippen LogP contribution in [0, 0.1) is 0 Å². The minimum atomic E-state index is -0.604. The number of carbonyl (C=O) groups excluding carboxylic acids is 2. The summed E-state index contributed by atoms with van der Waals surface area (Å²) in [6.45, 7) is 6.06. The van der Waals surface area contributed by atoms with E-state index < -0.39 is 5.60 Å². The van der Waals surface area contributed by atoms with Gasteiger partial charge in [-0.2, -0.15) is 0 Å². The molecule has 10 heteroatoms. The Bertz CT molecular complexity index is 1250. The van der Waals surface area contributed by atoms with E-state index >= 15 is 0 Å². The van der Waals surface area contributed by atoms with Crippen molar-refractivity contribution in [2.45, 2.75) is 37.7 Å². The molecule has 0 bridgehead atoms. The van der Waals surface area contributed by atoms with E-state index in [9.17, 15) is 9.59 Å². The number of rotatable bonds is 6. The lowest BCUT2D eigenvalue weighted by atomic mass is 10.1. The predicted octanol–water partition coefficient (Wildman–Crippen LogP) is 6.84. The first-order valence-electron chi connectivity index (χ1n) is 11.3. The molecule has 3 aromatic rings. The minimum Gasteiger partial charge on any atom is -0.459 e. The Labute approximate surface area is 224 Å². The van der Waals surface area contributed by atoms with Crippen LogP contribution in [0.2, 0.25) is 10.0 Å². The van der Waals surface area contributed by atoms with Crippen LogP contribution >= 0.6 is 35.1 Å². The van der Waals surface area contributed by atoms with E-state index in [1.165, 1.54) is 11.9 Å². The molecule has 0 saturated carbocycles. The number of hydrogen-bond acceptors (Lipinski definition) is 6. The molecule has 1 aromatic heterocycles. The van der Waals surface area contributed by atoms with Gasteiger partial charge in [-0.15, -0.1) is 0 Å². The number of nitrogens with zero attached hydrogens (tertiary/aromatic N) is 3. The van der Waals surface area contributed by atoms with Crippen LogP contribution in [0.25, 0.3) is 0 Å². The van der Waals surface area contributed by atoms with Crippen LogP contribution < -0.4 is 14.5 Å². The van der Waals surface area contributed by atoms with Crippen LogP contribution in [0.1, 0.15) is 26.3 Å². The molecule has 1 N–H and O–H groups in total. The van der Waals surface area contributed by atoms with Crippen molar-refractivity contribution in [3.63, 3.8) is 0 Å². The Morgan fingerprint density at radius 2 is 1.89 bits per heavy atom. The van der Waals surface area contributed by atoms with Crippen LogP contribution in [0.4, 0.5) is 21.9 Å². The highest BCUT2D eigenvalue weighted by atomic mass is 35.5. The summed E-state index contributed by atoms with van der Waals surface area (Å²) in [6.07, 6.45) is 3.95. The summed E-state index contributed by atoms with van der Waals surface area (Å²) in [5.74, 6) is -0.360. The van der Waals surface area contributed by atoms with E-state index in [1.54, 1.807) is 47.6 Å². The summed E-state index contributed by atoms with van der Waals surface area (Å²) in [7, 11) is 0. The number of aromatic nitrogens is 1. The van der Waals surface area contributed by atoms with Gasteiger partial charge in [0, 0.05) is 39.1 Å². The average molecular weight is 545 g/mol. The molecule has 1 aliphatic heterocycles. The standard InChI is InChI=1S/C26H26Cl2N4O3S/c1-26(2,3)35-24(33)16-32(36-22-13-18(27)12-19(28)14-22)21-6-7-23-17(11-21)8-10-31(23)25(34)30-20-5-4-9-29-15-20/h4-7,9,11-15H,8,10,16H2,1-3H3,(H,30,34). The fourth-order valence-corrected chi connectivity index (χ4v) is 5.42. The number of anilines is 3. The molecule has 0 unspecified atom stereocenters. The lowest BCUT2D eigenvalue weighted by Gasteiger charge is -2.26. The Morgan fingerprint density at radius 1 is 1.14 bits per heavy atom. The van der Waals surface area contributed by atoms with Crippen molar-refractivity contribution in [1.82, 2.24) is 4.98 Å². The number of carbonyl (C=O) groups is 2. The van der Waals surface area contributed by atoms with Gasteiger partial charge in [-0.1, -0.05) is 23.2 Å². The van der Waals surface area contributed by atoms with Gasteiger partial charge in [-0.3, -0.25) is 14.7 Å². The van der Waals surface area contributed by atoms with Crippen LogP contribution in [-0.4, -0.2) is 35.7 Å². The minimum absolute atomic E-state index is 0.00998. The zero-order valence-corrected chi connectivity index (χ0v) is 22.5.